The van der Waals surface area contributed by atoms with E-state index in [0.29, 0.717) is 5.69 Å². The maximum atomic E-state index is 12.2. The first kappa shape index (κ1) is 18.1. The van der Waals surface area contributed by atoms with Crippen LogP contribution < -0.4 is 5.32 Å². The van der Waals surface area contributed by atoms with Crippen LogP contribution in [0.5, 0.6) is 0 Å². The molecular weight excluding hydrogens is 354 g/mol. The quantitative estimate of drug-likeness (QED) is 0.814. The monoisotopic (exact) mass is 373 g/mol. The van der Waals surface area contributed by atoms with Crippen molar-refractivity contribution < 1.29 is 22.7 Å². The number of hydrogen-bond acceptors (Lipinski definition) is 5. The van der Waals surface area contributed by atoms with Crippen LogP contribution in [0, 0.1) is 5.92 Å². The summed E-state index contributed by atoms with van der Waals surface area (Å²) >= 11 is 0. The summed E-state index contributed by atoms with van der Waals surface area (Å²) in [5.74, 6) is -1.54. The van der Waals surface area contributed by atoms with Crippen LogP contribution in [0.1, 0.15) is 13.3 Å². The summed E-state index contributed by atoms with van der Waals surface area (Å²) in [4.78, 5) is 24.1. The van der Waals surface area contributed by atoms with Gasteiger partial charge >= 0.3 is 5.97 Å². The summed E-state index contributed by atoms with van der Waals surface area (Å²) in [6.07, 6.45) is 0.440. The lowest BCUT2D eigenvalue weighted by Crippen LogP contribution is -2.30. The third-order valence-corrected chi connectivity index (χ3v) is 5.59. The van der Waals surface area contributed by atoms with Crippen LogP contribution in [-0.2, 0) is 24.2 Å². The van der Waals surface area contributed by atoms with E-state index in [1.807, 2.05) is 36.4 Å². The molecule has 0 fully saturated rings. The van der Waals surface area contributed by atoms with Crippen molar-refractivity contribution in [2.45, 2.75) is 19.4 Å². The number of allylic oxidation sites excluding steroid dienone is 1. The van der Waals surface area contributed by atoms with Gasteiger partial charge in [-0.15, -0.1) is 0 Å². The van der Waals surface area contributed by atoms with Gasteiger partial charge in [0.15, 0.2) is 15.9 Å². The highest BCUT2D eigenvalue weighted by Gasteiger charge is 2.26. The molecule has 0 aromatic heterocycles. The molecule has 2 aromatic carbocycles. The van der Waals surface area contributed by atoms with Crippen LogP contribution in [0.4, 0.5) is 5.69 Å². The topological polar surface area (TPSA) is 89.5 Å². The van der Waals surface area contributed by atoms with Gasteiger partial charge in [0.2, 0.25) is 0 Å². The van der Waals surface area contributed by atoms with Crippen molar-refractivity contribution in [3.05, 3.63) is 53.9 Å². The zero-order valence-corrected chi connectivity index (χ0v) is 15.0. The molecule has 1 N–H and O–H groups in total. The van der Waals surface area contributed by atoms with E-state index in [-0.39, 0.29) is 12.2 Å². The minimum Gasteiger partial charge on any atom is -0.453 e. The Hall–Kier alpha value is -2.67. The number of sulfone groups is 1. The number of amides is 1. The SMILES string of the molecule is CC(OC(=O)CC1C=CS(=O)(=O)C1)C(=O)Nc1ccc2ccccc2c1. The lowest BCUT2D eigenvalue weighted by atomic mass is 10.1. The van der Waals surface area contributed by atoms with E-state index in [9.17, 15) is 18.0 Å². The van der Waals surface area contributed by atoms with E-state index in [4.69, 9.17) is 4.74 Å². The highest BCUT2D eigenvalue weighted by atomic mass is 32.2. The van der Waals surface area contributed by atoms with Gasteiger partial charge in [-0.1, -0.05) is 36.4 Å². The zero-order valence-electron chi connectivity index (χ0n) is 14.2. The molecule has 0 aliphatic carbocycles. The number of carbonyl (C=O) groups is 2. The van der Waals surface area contributed by atoms with Crippen molar-refractivity contribution in [2.75, 3.05) is 11.1 Å². The first-order chi connectivity index (χ1) is 12.3. The molecule has 1 amide bonds. The number of nitrogens with one attached hydrogen (secondary N) is 1. The van der Waals surface area contributed by atoms with Gasteiger partial charge in [-0.3, -0.25) is 9.59 Å². The molecule has 0 radical (unpaired) electrons. The van der Waals surface area contributed by atoms with Gasteiger partial charge in [-0.2, -0.15) is 0 Å². The summed E-state index contributed by atoms with van der Waals surface area (Å²) in [5.41, 5.74) is 0.612. The summed E-state index contributed by atoms with van der Waals surface area (Å²) in [5, 5.41) is 5.88. The second kappa shape index (κ2) is 7.29. The van der Waals surface area contributed by atoms with Gasteiger partial charge < -0.3 is 10.1 Å². The smallest absolute Gasteiger partial charge is 0.307 e. The Balaban J connectivity index is 1.55. The van der Waals surface area contributed by atoms with Crippen molar-refractivity contribution in [3.8, 4) is 0 Å². The fourth-order valence-corrected chi connectivity index (χ4v) is 4.19. The Morgan fingerprint density at radius 2 is 1.92 bits per heavy atom. The molecule has 0 bridgehead atoms. The van der Waals surface area contributed by atoms with Crippen molar-refractivity contribution >= 4 is 38.2 Å². The Bertz CT molecular complexity index is 980. The van der Waals surface area contributed by atoms with Gasteiger partial charge in [-0.25, -0.2) is 8.42 Å². The fraction of sp³-hybridized carbons (Fsp3) is 0.263. The van der Waals surface area contributed by atoms with Gasteiger partial charge in [-0.05, 0) is 29.8 Å². The Labute approximate surface area is 151 Å². The first-order valence-electron chi connectivity index (χ1n) is 8.22. The number of esters is 1. The van der Waals surface area contributed by atoms with Gasteiger partial charge in [0.05, 0.1) is 12.2 Å². The second-order valence-corrected chi connectivity index (χ2v) is 8.24. The van der Waals surface area contributed by atoms with Crippen LogP contribution in [0.15, 0.2) is 53.9 Å². The summed E-state index contributed by atoms with van der Waals surface area (Å²) in [6, 6.07) is 13.3. The summed E-state index contributed by atoms with van der Waals surface area (Å²) < 4.78 is 27.8. The highest BCUT2D eigenvalue weighted by Crippen LogP contribution is 2.20. The maximum Gasteiger partial charge on any atom is 0.307 e. The molecule has 1 aliphatic heterocycles. The Morgan fingerprint density at radius 3 is 2.62 bits per heavy atom. The first-order valence-corrected chi connectivity index (χ1v) is 9.94. The summed E-state index contributed by atoms with van der Waals surface area (Å²) in [6.45, 7) is 1.48. The zero-order chi connectivity index (χ0) is 18.7. The predicted molar refractivity (Wildman–Crippen MR) is 99.2 cm³/mol. The number of hydrogen-bond donors (Lipinski definition) is 1. The summed E-state index contributed by atoms with van der Waals surface area (Å²) in [7, 11) is -3.21. The van der Waals surface area contributed by atoms with Crippen LogP contribution in [0.3, 0.4) is 0 Å². The minimum atomic E-state index is -3.21. The van der Waals surface area contributed by atoms with Crippen LogP contribution >= 0.6 is 0 Å². The molecule has 136 valence electrons. The standard InChI is InChI=1S/C19H19NO5S/c1-13(25-18(21)10-14-8-9-26(23,24)12-14)19(22)20-17-7-6-15-4-2-3-5-16(15)11-17/h2-9,11,13-14H,10,12H2,1H3,(H,20,22). The number of anilines is 1. The van der Waals surface area contributed by atoms with Gasteiger partial charge in [0.1, 0.15) is 0 Å². The Morgan fingerprint density at radius 1 is 1.19 bits per heavy atom. The fourth-order valence-electron chi connectivity index (χ4n) is 2.79. The van der Waals surface area contributed by atoms with Crippen LogP contribution in [-0.4, -0.2) is 32.2 Å². The molecule has 2 atom stereocenters. The lowest BCUT2D eigenvalue weighted by molar-refractivity contribution is -0.153. The third kappa shape index (κ3) is 4.49. The maximum absolute atomic E-state index is 12.2. The number of rotatable bonds is 5. The van der Waals surface area contributed by atoms with E-state index in [1.165, 1.54) is 13.0 Å². The molecule has 7 heteroatoms. The van der Waals surface area contributed by atoms with E-state index in [1.54, 1.807) is 6.07 Å². The number of fused-ring (bicyclic) bond motifs is 1. The lowest BCUT2D eigenvalue weighted by Gasteiger charge is -2.15. The molecule has 0 saturated heterocycles. The largest absolute Gasteiger partial charge is 0.453 e. The minimum absolute atomic E-state index is 0.0661. The van der Waals surface area contributed by atoms with Crippen molar-refractivity contribution in [2.24, 2.45) is 5.92 Å². The average molecular weight is 373 g/mol. The molecular formula is C19H19NO5S. The molecule has 2 unspecified atom stereocenters. The molecule has 0 saturated carbocycles. The van der Waals surface area contributed by atoms with Crippen LogP contribution in [0.25, 0.3) is 10.8 Å². The van der Waals surface area contributed by atoms with Gasteiger partial charge in [0.25, 0.3) is 5.91 Å². The molecule has 3 rings (SSSR count). The number of carbonyl (C=O) groups excluding carboxylic acids is 2. The molecule has 26 heavy (non-hydrogen) atoms. The number of benzene rings is 2. The van der Waals surface area contributed by atoms with E-state index >= 15 is 0 Å². The number of ether oxygens (including phenoxy) is 1. The van der Waals surface area contributed by atoms with Crippen molar-refractivity contribution in [1.82, 2.24) is 0 Å². The molecule has 2 aromatic rings. The second-order valence-electron chi connectivity index (χ2n) is 6.31. The molecule has 1 aliphatic rings. The van der Waals surface area contributed by atoms with E-state index in [0.717, 1.165) is 16.2 Å². The average Bonchev–Trinajstić information content (AvgIpc) is 2.93. The van der Waals surface area contributed by atoms with E-state index < -0.39 is 33.7 Å². The third-order valence-electron chi connectivity index (χ3n) is 4.13. The predicted octanol–water partition coefficient (Wildman–Crippen LogP) is 2.66. The van der Waals surface area contributed by atoms with E-state index in [2.05, 4.69) is 5.32 Å². The normalized spacial score (nSPS) is 19.2. The van der Waals surface area contributed by atoms with Gasteiger partial charge in [0, 0.05) is 17.0 Å². The highest BCUT2D eigenvalue weighted by molar-refractivity contribution is 7.94. The van der Waals surface area contributed by atoms with Crippen molar-refractivity contribution in [1.29, 1.82) is 0 Å². The molecule has 1 heterocycles. The van der Waals surface area contributed by atoms with Crippen molar-refractivity contribution in [3.63, 3.8) is 0 Å². The molecule has 0 spiro atoms. The Kier molecular flexibility index (Phi) is 5.08. The van der Waals surface area contributed by atoms with Crippen LogP contribution in [0.2, 0.25) is 0 Å². The molecule has 6 nitrogen and oxygen atoms in total.